The molecule has 0 aliphatic carbocycles. The third-order valence-corrected chi connectivity index (χ3v) is 3.51. The van der Waals surface area contributed by atoms with Crippen LogP contribution in [0.4, 0.5) is 5.69 Å². The standard InChI is InChI=1S/C15H13N3O2/c1-2-5-12-11(4-1)7-8-18(12)10-14-16-17-15(20-14)13-6-3-9-19-13/h1-6,9H,7-8,10H2. The molecule has 100 valence electrons. The lowest BCUT2D eigenvalue weighted by atomic mass is 10.2. The predicted octanol–water partition coefficient (Wildman–Crippen LogP) is 2.89. The molecule has 0 fully saturated rings. The van der Waals surface area contributed by atoms with Gasteiger partial charge in [0.05, 0.1) is 12.8 Å². The maximum Gasteiger partial charge on any atom is 0.283 e. The fourth-order valence-electron chi connectivity index (χ4n) is 2.55. The first-order chi connectivity index (χ1) is 9.90. The second kappa shape index (κ2) is 4.52. The Labute approximate surface area is 115 Å². The molecular weight excluding hydrogens is 254 g/mol. The van der Waals surface area contributed by atoms with Crippen LogP contribution in [0, 0.1) is 0 Å². The lowest BCUT2D eigenvalue weighted by Crippen LogP contribution is -2.19. The maximum absolute atomic E-state index is 5.65. The van der Waals surface area contributed by atoms with Crippen LogP contribution < -0.4 is 4.90 Å². The summed E-state index contributed by atoms with van der Waals surface area (Å²) in [7, 11) is 0. The van der Waals surface area contributed by atoms with E-state index in [9.17, 15) is 0 Å². The van der Waals surface area contributed by atoms with Crippen LogP contribution in [0.3, 0.4) is 0 Å². The first-order valence-corrected chi connectivity index (χ1v) is 6.59. The highest BCUT2D eigenvalue weighted by molar-refractivity contribution is 5.57. The molecule has 20 heavy (non-hydrogen) atoms. The first kappa shape index (κ1) is 11.3. The molecule has 1 aliphatic rings. The minimum absolute atomic E-state index is 0.428. The normalized spacial score (nSPS) is 13.7. The molecule has 2 aromatic heterocycles. The van der Waals surface area contributed by atoms with E-state index in [0.29, 0.717) is 24.1 Å². The number of para-hydroxylation sites is 1. The number of hydrogen-bond acceptors (Lipinski definition) is 5. The van der Waals surface area contributed by atoms with Crippen molar-refractivity contribution in [1.82, 2.24) is 10.2 Å². The van der Waals surface area contributed by atoms with Crippen molar-refractivity contribution < 1.29 is 8.83 Å². The van der Waals surface area contributed by atoms with Crippen molar-refractivity contribution in [1.29, 1.82) is 0 Å². The van der Waals surface area contributed by atoms with E-state index in [1.54, 1.807) is 12.3 Å². The summed E-state index contributed by atoms with van der Waals surface area (Å²) in [6, 6.07) is 12.0. The number of fused-ring (bicyclic) bond motifs is 1. The van der Waals surface area contributed by atoms with Crippen molar-refractivity contribution in [2.75, 3.05) is 11.4 Å². The highest BCUT2D eigenvalue weighted by Crippen LogP contribution is 2.29. The molecule has 1 aliphatic heterocycles. The van der Waals surface area contributed by atoms with Gasteiger partial charge < -0.3 is 13.7 Å². The van der Waals surface area contributed by atoms with Gasteiger partial charge in [0.25, 0.3) is 5.89 Å². The SMILES string of the molecule is c1coc(-c2nnc(CN3CCc4ccccc43)o2)c1. The Morgan fingerprint density at radius 2 is 2.05 bits per heavy atom. The number of benzene rings is 1. The van der Waals surface area contributed by atoms with Gasteiger partial charge in [0.1, 0.15) is 0 Å². The lowest BCUT2D eigenvalue weighted by Gasteiger charge is -2.16. The summed E-state index contributed by atoms with van der Waals surface area (Å²) in [6.45, 7) is 1.61. The smallest absolute Gasteiger partial charge is 0.283 e. The fraction of sp³-hybridized carbons (Fsp3) is 0.200. The third-order valence-electron chi connectivity index (χ3n) is 3.51. The van der Waals surface area contributed by atoms with Crippen molar-refractivity contribution in [3.05, 3.63) is 54.1 Å². The van der Waals surface area contributed by atoms with Crippen LogP contribution in [0.25, 0.3) is 11.7 Å². The highest BCUT2D eigenvalue weighted by atomic mass is 16.4. The quantitative estimate of drug-likeness (QED) is 0.730. The largest absolute Gasteiger partial charge is 0.459 e. The van der Waals surface area contributed by atoms with E-state index in [0.717, 1.165) is 13.0 Å². The minimum atomic E-state index is 0.428. The molecule has 0 atom stereocenters. The monoisotopic (exact) mass is 267 g/mol. The number of nitrogens with zero attached hydrogens (tertiary/aromatic N) is 3. The van der Waals surface area contributed by atoms with Crippen molar-refractivity contribution in [2.24, 2.45) is 0 Å². The summed E-state index contributed by atoms with van der Waals surface area (Å²) in [5, 5.41) is 8.11. The molecule has 0 saturated carbocycles. The lowest BCUT2D eigenvalue weighted by molar-refractivity contribution is 0.476. The average Bonchev–Trinajstić information content (AvgIpc) is 3.19. The number of hydrogen-bond donors (Lipinski definition) is 0. The predicted molar refractivity (Wildman–Crippen MR) is 73.2 cm³/mol. The number of rotatable bonds is 3. The summed E-state index contributed by atoms with van der Waals surface area (Å²) < 4.78 is 10.9. The van der Waals surface area contributed by atoms with Gasteiger partial charge in [-0.25, -0.2) is 0 Å². The molecule has 4 rings (SSSR count). The molecule has 0 unspecified atom stereocenters. The molecule has 3 heterocycles. The molecule has 1 aromatic carbocycles. The topological polar surface area (TPSA) is 55.3 Å². The zero-order chi connectivity index (χ0) is 13.4. The molecule has 0 radical (unpaired) electrons. The van der Waals surface area contributed by atoms with Gasteiger partial charge in [-0.2, -0.15) is 0 Å². The van der Waals surface area contributed by atoms with Gasteiger partial charge in [-0.3, -0.25) is 0 Å². The van der Waals surface area contributed by atoms with Crippen LogP contribution in [-0.2, 0) is 13.0 Å². The Hall–Kier alpha value is -2.56. The van der Waals surface area contributed by atoms with Gasteiger partial charge in [0.15, 0.2) is 5.76 Å². The Morgan fingerprint density at radius 1 is 1.10 bits per heavy atom. The van der Waals surface area contributed by atoms with Crippen LogP contribution in [0.2, 0.25) is 0 Å². The van der Waals surface area contributed by atoms with E-state index in [2.05, 4.69) is 39.4 Å². The van der Waals surface area contributed by atoms with E-state index in [1.807, 2.05) is 6.07 Å². The second-order valence-corrected chi connectivity index (χ2v) is 4.78. The molecule has 0 spiro atoms. The molecule has 5 nitrogen and oxygen atoms in total. The van der Waals surface area contributed by atoms with Crippen LogP contribution in [0.5, 0.6) is 0 Å². The summed E-state index contributed by atoms with van der Waals surface area (Å²) in [5.41, 5.74) is 2.63. The Balaban J connectivity index is 1.56. The first-order valence-electron chi connectivity index (χ1n) is 6.59. The number of furan rings is 1. The van der Waals surface area contributed by atoms with Crippen LogP contribution in [0.15, 0.2) is 51.5 Å². The summed E-state index contributed by atoms with van der Waals surface area (Å²) in [6.07, 6.45) is 2.66. The van der Waals surface area contributed by atoms with Gasteiger partial charge in [-0.1, -0.05) is 18.2 Å². The van der Waals surface area contributed by atoms with Crippen molar-refractivity contribution in [3.63, 3.8) is 0 Å². The van der Waals surface area contributed by atoms with Gasteiger partial charge >= 0.3 is 0 Å². The Morgan fingerprint density at radius 3 is 2.95 bits per heavy atom. The Bertz CT molecular complexity index is 718. The van der Waals surface area contributed by atoms with E-state index in [4.69, 9.17) is 8.83 Å². The third kappa shape index (κ3) is 1.87. The highest BCUT2D eigenvalue weighted by Gasteiger charge is 2.21. The molecule has 3 aromatic rings. The van der Waals surface area contributed by atoms with Crippen LogP contribution in [0.1, 0.15) is 11.5 Å². The maximum atomic E-state index is 5.65. The molecule has 5 heteroatoms. The molecule has 0 N–H and O–H groups in total. The van der Waals surface area contributed by atoms with Crippen LogP contribution >= 0.6 is 0 Å². The van der Waals surface area contributed by atoms with E-state index >= 15 is 0 Å². The molecular formula is C15H13N3O2. The van der Waals surface area contributed by atoms with Crippen LogP contribution in [-0.4, -0.2) is 16.7 Å². The van der Waals surface area contributed by atoms with E-state index < -0.39 is 0 Å². The Kier molecular flexibility index (Phi) is 2.55. The van der Waals surface area contributed by atoms with Gasteiger partial charge in [0, 0.05) is 12.2 Å². The van der Waals surface area contributed by atoms with Crippen molar-refractivity contribution in [2.45, 2.75) is 13.0 Å². The summed E-state index contributed by atoms with van der Waals surface area (Å²) >= 11 is 0. The number of anilines is 1. The summed E-state index contributed by atoms with van der Waals surface area (Å²) in [5.74, 6) is 1.64. The minimum Gasteiger partial charge on any atom is -0.459 e. The van der Waals surface area contributed by atoms with E-state index in [-0.39, 0.29) is 0 Å². The zero-order valence-corrected chi connectivity index (χ0v) is 10.8. The van der Waals surface area contributed by atoms with Crippen molar-refractivity contribution in [3.8, 4) is 11.7 Å². The molecule has 0 bridgehead atoms. The fourth-order valence-corrected chi connectivity index (χ4v) is 2.55. The van der Waals surface area contributed by atoms with Crippen molar-refractivity contribution >= 4 is 5.69 Å². The molecule has 0 amide bonds. The van der Waals surface area contributed by atoms with Gasteiger partial charge in [0.2, 0.25) is 5.89 Å². The second-order valence-electron chi connectivity index (χ2n) is 4.78. The van der Waals surface area contributed by atoms with E-state index in [1.165, 1.54) is 11.3 Å². The zero-order valence-electron chi connectivity index (χ0n) is 10.8. The molecule has 0 saturated heterocycles. The number of aromatic nitrogens is 2. The average molecular weight is 267 g/mol. The van der Waals surface area contributed by atoms with Gasteiger partial charge in [-0.15, -0.1) is 10.2 Å². The summed E-state index contributed by atoms with van der Waals surface area (Å²) in [4.78, 5) is 2.26. The van der Waals surface area contributed by atoms with Gasteiger partial charge in [-0.05, 0) is 30.2 Å².